The second-order valence-electron chi connectivity index (χ2n) is 7.92. The molecule has 2 aromatic carbocycles. The third-order valence-corrected chi connectivity index (χ3v) is 6.14. The van der Waals surface area contributed by atoms with Crippen LogP contribution in [0.5, 0.6) is 11.5 Å². The first-order chi connectivity index (χ1) is 11.4. The normalized spacial score (nSPS) is 24.7. The van der Waals surface area contributed by atoms with Crippen LogP contribution in [0.15, 0.2) is 48.5 Å². The molecule has 1 aliphatic carbocycles. The summed E-state index contributed by atoms with van der Waals surface area (Å²) in [6.07, 6.45) is 3.51. The van der Waals surface area contributed by atoms with Gasteiger partial charge in [0.1, 0.15) is 11.5 Å². The van der Waals surface area contributed by atoms with E-state index in [0.717, 1.165) is 12.0 Å². The molecule has 0 saturated heterocycles. The van der Waals surface area contributed by atoms with E-state index in [4.69, 9.17) is 0 Å². The van der Waals surface area contributed by atoms with Crippen LogP contribution in [0.1, 0.15) is 57.1 Å². The Morgan fingerprint density at radius 3 is 2.25 bits per heavy atom. The smallest absolute Gasteiger partial charge is 0.119 e. The minimum Gasteiger partial charge on any atom is -0.508 e. The van der Waals surface area contributed by atoms with E-state index in [-0.39, 0.29) is 5.41 Å². The molecule has 3 unspecified atom stereocenters. The fourth-order valence-electron chi connectivity index (χ4n) is 4.40. The molecule has 0 aromatic heterocycles. The quantitative estimate of drug-likeness (QED) is 0.772. The van der Waals surface area contributed by atoms with Crippen molar-refractivity contribution in [1.82, 2.24) is 0 Å². The highest BCUT2D eigenvalue weighted by Crippen LogP contribution is 2.49. The minimum absolute atomic E-state index is 0.0549. The van der Waals surface area contributed by atoms with Crippen LogP contribution in [0.25, 0.3) is 0 Å². The number of phenols is 2. The summed E-state index contributed by atoms with van der Waals surface area (Å²) in [4.78, 5) is 0. The van der Waals surface area contributed by atoms with E-state index >= 15 is 0 Å². The van der Waals surface area contributed by atoms with Crippen LogP contribution in [-0.4, -0.2) is 10.2 Å². The van der Waals surface area contributed by atoms with E-state index in [1.165, 1.54) is 18.4 Å². The predicted octanol–water partition coefficient (Wildman–Crippen LogP) is 5.60. The molecule has 0 heterocycles. The second kappa shape index (κ2) is 6.51. The van der Waals surface area contributed by atoms with E-state index in [1.807, 2.05) is 12.1 Å². The van der Waals surface area contributed by atoms with E-state index in [0.29, 0.717) is 29.3 Å². The Hall–Kier alpha value is -1.96. The molecule has 2 aromatic rings. The van der Waals surface area contributed by atoms with Crippen molar-refractivity contribution >= 4 is 0 Å². The zero-order valence-corrected chi connectivity index (χ0v) is 14.9. The molecular formula is C22H28O2. The van der Waals surface area contributed by atoms with E-state index in [2.05, 4.69) is 39.0 Å². The molecule has 0 bridgehead atoms. The van der Waals surface area contributed by atoms with Crippen LogP contribution in [0.2, 0.25) is 0 Å². The molecule has 24 heavy (non-hydrogen) atoms. The average molecular weight is 324 g/mol. The molecule has 2 N–H and O–H groups in total. The Morgan fingerprint density at radius 2 is 1.58 bits per heavy atom. The summed E-state index contributed by atoms with van der Waals surface area (Å²) >= 11 is 0. The highest BCUT2D eigenvalue weighted by atomic mass is 16.3. The van der Waals surface area contributed by atoms with Crippen molar-refractivity contribution < 1.29 is 10.2 Å². The Morgan fingerprint density at radius 1 is 0.917 bits per heavy atom. The van der Waals surface area contributed by atoms with Crippen LogP contribution in [-0.2, 0) is 5.41 Å². The number of para-hydroxylation sites is 1. The maximum atomic E-state index is 10.3. The molecule has 1 fully saturated rings. The lowest BCUT2D eigenvalue weighted by Gasteiger charge is -2.43. The predicted molar refractivity (Wildman–Crippen MR) is 98.5 cm³/mol. The number of hydrogen-bond acceptors (Lipinski definition) is 2. The van der Waals surface area contributed by atoms with Crippen LogP contribution in [0.3, 0.4) is 0 Å². The zero-order valence-electron chi connectivity index (χ0n) is 14.9. The van der Waals surface area contributed by atoms with Gasteiger partial charge in [-0.15, -0.1) is 0 Å². The van der Waals surface area contributed by atoms with E-state index < -0.39 is 0 Å². The summed E-state index contributed by atoms with van der Waals surface area (Å²) in [5.41, 5.74) is 2.31. The van der Waals surface area contributed by atoms with Crippen molar-refractivity contribution in [2.24, 2.45) is 11.8 Å². The van der Waals surface area contributed by atoms with Gasteiger partial charge in [0.05, 0.1) is 0 Å². The van der Waals surface area contributed by atoms with Gasteiger partial charge in [-0.25, -0.2) is 0 Å². The van der Waals surface area contributed by atoms with Gasteiger partial charge < -0.3 is 10.2 Å². The Balaban J connectivity index is 1.87. The number of aromatic hydroxyl groups is 2. The van der Waals surface area contributed by atoms with Gasteiger partial charge in [0.2, 0.25) is 0 Å². The Kier molecular flexibility index (Phi) is 4.58. The molecule has 1 saturated carbocycles. The van der Waals surface area contributed by atoms with Crippen LogP contribution in [0, 0.1) is 11.8 Å². The Labute approximate surface area is 145 Å². The van der Waals surface area contributed by atoms with Crippen LogP contribution < -0.4 is 0 Å². The average Bonchev–Trinajstić information content (AvgIpc) is 2.56. The first kappa shape index (κ1) is 16.9. The molecule has 3 rings (SSSR count). The van der Waals surface area contributed by atoms with Crippen molar-refractivity contribution in [3.63, 3.8) is 0 Å². The van der Waals surface area contributed by atoms with Gasteiger partial charge in [0, 0.05) is 0 Å². The molecular weight excluding hydrogens is 296 g/mol. The highest BCUT2D eigenvalue weighted by Gasteiger charge is 2.39. The van der Waals surface area contributed by atoms with E-state index in [1.54, 1.807) is 18.2 Å². The van der Waals surface area contributed by atoms with Gasteiger partial charge in [-0.1, -0.05) is 51.1 Å². The fourth-order valence-corrected chi connectivity index (χ4v) is 4.40. The molecule has 2 heteroatoms. The maximum absolute atomic E-state index is 10.3. The van der Waals surface area contributed by atoms with Crippen LogP contribution in [0.4, 0.5) is 0 Å². The summed E-state index contributed by atoms with van der Waals surface area (Å²) in [5, 5.41) is 19.9. The third-order valence-electron chi connectivity index (χ3n) is 6.14. The monoisotopic (exact) mass is 324 g/mol. The van der Waals surface area contributed by atoms with Crippen molar-refractivity contribution in [2.75, 3.05) is 0 Å². The largest absolute Gasteiger partial charge is 0.508 e. The van der Waals surface area contributed by atoms with Gasteiger partial charge in [0.25, 0.3) is 0 Å². The first-order valence-electron chi connectivity index (χ1n) is 8.97. The fraction of sp³-hybridized carbons (Fsp3) is 0.455. The molecule has 128 valence electrons. The van der Waals surface area contributed by atoms with Gasteiger partial charge >= 0.3 is 0 Å². The molecule has 0 radical (unpaired) electrons. The third kappa shape index (κ3) is 3.15. The lowest BCUT2D eigenvalue weighted by molar-refractivity contribution is 0.175. The van der Waals surface area contributed by atoms with Crippen molar-refractivity contribution in [3.05, 3.63) is 59.7 Å². The van der Waals surface area contributed by atoms with Crippen LogP contribution >= 0.6 is 0 Å². The van der Waals surface area contributed by atoms with Gasteiger partial charge in [-0.2, -0.15) is 0 Å². The van der Waals surface area contributed by atoms with Crippen molar-refractivity contribution in [1.29, 1.82) is 0 Å². The summed E-state index contributed by atoms with van der Waals surface area (Å²) in [6.45, 7) is 6.86. The first-order valence-corrected chi connectivity index (χ1v) is 8.97. The summed E-state index contributed by atoms with van der Waals surface area (Å²) in [6, 6.07) is 15.5. The lowest BCUT2D eigenvalue weighted by atomic mass is 9.61. The molecule has 0 amide bonds. The SMILES string of the molecule is CC1CCC(C(C)(C)c2ccccc2O)CC1c1ccc(O)cc1. The standard InChI is InChI=1S/C22H28O2/c1-15-8-11-17(14-19(15)16-9-12-18(23)13-10-16)22(2,3)20-6-4-5-7-21(20)24/h4-7,9-10,12-13,15,17,19,23-24H,8,11,14H2,1-3H3. The topological polar surface area (TPSA) is 40.5 Å². The molecule has 2 nitrogen and oxygen atoms in total. The van der Waals surface area contributed by atoms with Crippen molar-refractivity contribution in [2.45, 2.75) is 51.4 Å². The molecule has 0 spiro atoms. The number of hydrogen-bond donors (Lipinski definition) is 2. The van der Waals surface area contributed by atoms with Gasteiger partial charge in [0.15, 0.2) is 0 Å². The number of benzene rings is 2. The van der Waals surface area contributed by atoms with Gasteiger partial charge in [-0.3, -0.25) is 0 Å². The molecule has 1 aliphatic rings. The summed E-state index contributed by atoms with van der Waals surface area (Å²) < 4.78 is 0. The molecule has 3 atom stereocenters. The highest BCUT2D eigenvalue weighted by molar-refractivity contribution is 5.38. The zero-order chi connectivity index (χ0) is 17.3. The van der Waals surface area contributed by atoms with E-state index in [9.17, 15) is 10.2 Å². The van der Waals surface area contributed by atoms with Crippen molar-refractivity contribution in [3.8, 4) is 11.5 Å². The summed E-state index contributed by atoms with van der Waals surface area (Å²) in [7, 11) is 0. The maximum Gasteiger partial charge on any atom is 0.119 e. The summed E-state index contributed by atoms with van der Waals surface area (Å²) in [5.74, 6) is 2.41. The minimum atomic E-state index is -0.0549. The molecule has 0 aliphatic heterocycles. The number of phenolic OH excluding ortho intramolecular Hbond substituents is 2. The Bertz CT molecular complexity index is 687. The van der Waals surface area contributed by atoms with Gasteiger partial charge in [-0.05, 0) is 71.8 Å². The second-order valence-corrected chi connectivity index (χ2v) is 7.92. The number of rotatable bonds is 3. The lowest BCUT2D eigenvalue weighted by Crippen LogP contribution is -2.34.